The van der Waals surface area contributed by atoms with Gasteiger partial charge in [0.2, 0.25) is 0 Å². The molecule has 1 aromatic rings. The van der Waals surface area contributed by atoms with Gasteiger partial charge >= 0.3 is 0 Å². The van der Waals surface area contributed by atoms with Crippen LogP contribution < -0.4 is 4.90 Å². The van der Waals surface area contributed by atoms with Gasteiger partial charge in [-0.1, -0.05) is 23.7 Å². The van der Waals surface area contributed by atoms with E-state index in [1.54, 1.807) is 0 Å². The van der Waals surface area contributed by atoms with Crippen molar-refractivity contribution in [3.8, 4) is 0 Å². The second kappa shape index (κ2) is 4.86. The Bertz CT molecular complexity index is 334. The van der Waals surface area contributed by atoms with Crippen LogP contribution in [0.3, 0.4) is 0 Å². The fraction of sp³-hybridized carbons (Fsp3) is 0.500. The predicted molar refractivity (Wildman–Crippen MR) is 63.4 cm³/mol. The van der Waals surface area contributed by atoms with Crippen LogP contribution >= 0.6 is 11.6 Å². The van der Waals surface area contributed by atoms with Gasteiger partial charge in [-0.3, -0.25) is 0 Å². The lowest BCUT2D eigenvalue weighted by atomic mass is 10.1. The van der Waals surface area contributed by atoms with Gasteiger partial charge in [0.15, 0.2) is 0 Å². The Balaban J connectivity index is 2.31. The molecule has 1 fully saturated rings. The van der Waals surface area contributed by atoms with Crippen LogP contribution in [0.2, 0.25) is 5.02 Å². The van der Waals surface area contributed by atoms with Gasteiger partial charge in [-0.05, 0) is 25.3 Å². The van der Waals surface area contributed by atoms with E-state index in [2.05, 4.69) is 4.90 Å². The normalized spacial score (nSPS) is 16.8. The van der Waals surface area contributed by atoms with Crippen molar-refractivity contribution >= 4 is 17.3 Å². The molecular formula is C12H16ClNO. The molecule has 1 aliphatic rings. The van der Waals surface area contributed by atoms with Gasteiger partial charge < -0.3 is 10.0 Å². The monoisotopic (exact) mass is 225 g/mol. The first-order chi connectivity index (χ1) is 7.33. The summed E-state index contributed by atoms with van der Waals surface area (Å²) in [6.07, 6.45) is 3.74. The molecule has 3 heteroatoms. The van der Waals surface area contributed by atoms with Crippen molar-refractivity contribution in [3.63, 3.8) is 0 Å². The molecule has 0 amide bonds. The van der Waals surface area contributed by atoms with Crippen molar-refractivity contribution in [1.29, 1.82) is 0 Å². The Morgan fingerprint density at radius 2 is 1.93 bits per heavy atom. The van der Waals surface area contributed by atoms with Crippen LogP contribution in [0.5, 0.6) is 0 Å². The maximum Gasteiger partial charge on any atom is 0.0702 e. The van der Waals surface area contributed by atoms with Gasteiger partial charge in [0.1, 0.15) is 0 Å². The molecule has 1 heterocycles. The zero-order chi connectivity index (χ0) is 10.7. The molecule has 0 atom stereocenters. The van der Waals surface area contributed by atoms with Crippen molar-refractivity contribution in [2.45, 2.75) is 25.9 Å². The number of hydrogen-bond donors (Lipinski definition) is 1. The summed E-state index contributed by atoms with van der Waals surface area (Å²) in [5.74, 6) is 0. The minimum absolute atomic E-state index is 0.0619. The second-order valence-corrected chi connectivity index (χ2v) is 4.36. The molecule has 2 nitrogen and oxygen atoms in total. The highest BCUT2D eigenvalue weighted by Crippen LogP contribution is 2.31. The van der Waals surface area contributed by atoms with Crippen molar-refractivity contribution < 1.29 is 5.11 Å². The molecule has 1 aromatic carbocycles. The molecule has 1 saturated heterocycles. The first-order valence-electron chi connectivity index (χ1n) is 5.46. The molecule has 0 unspecified atom stereocenters. The van der Waals surface area contributed by atoms with Gasteiger partial charge in [-0.25, -0.2) is 0 Å². The summed E-state index contributed by atoms with van der Waals surface area (Å²) in [6.45, 7) is 2.17. The van der Waals surface area contributed by atoms with E-state index in [9.17, 15) is 5.11 Å². The number of aliphatic hydroxyl groups is 1. The van der Waals surface area contributed by atoms with E-state index in [0.29, 0.717) is 0 Å². The standard InChI is InChI=1S/C12H16ClNO/c13-11-6-4-5-10(9-15)12(11)14-7-2-1-3-8-14/h4-6,15H,1-3,7-9H2. The lowest BCUT2D eigenvalue weighted by Gasteiger charge is -2.31. The Hall–Kier alpha value is -0.730. The lowest BCUT2D eigenvalue weighted by molar-refractivity contribution is 0.282. The van der Waals surface area contributed by atoms with E-state index < -0.39 is 0 Å². The lowest BCUT2D eigenvalue weighted by Crippen LogP contribution is -2.30. The fourth-order valence-corrected chi connectivity index (χ4v) is 2.47. The zero-order valence-electron chi connectivity index (χ0n) is 8.75. The molecule has 1 aliphatic heterocycles. The summed E-state index contributed by atoms with van der Waals surface area (Å²) in [5.41, 5.74) is 1.96. The SMILES string of the molecule is OCc1cccc(Cl)c1N1CCCCC1. The highest BCUT2D eigenvalue weighted by Gasteiger charge is 2.16. The van der Waals surface area contributed by atoms with E-state index >= 15 is 0 Å². The van der Waals surface area contributed by atoms with Crippen molar-refractivity contribution in [3.05, 3.63) is 28.8 Å². The minimum atomic E-state index is 0.0619. The third kappa shape index (κ3) is 2.27. The Kier molecular flexibility index (Phi) is 3.49. The summed E-state index contributed by atoms with van der Waals surface area (Å²) in [7, 11) is 0. The quantitative estimate of drug-likeness (QED) is 0.837. The molecule has 2 rings (SSSR count). The number of para-hydroxylation sites is 1. The Morgan fingerprint density at radius 1 is 1.20 bits per heavy atom. The number of anilines is 1. The van der Waals surface area contributed by atoms with Crippen molar-refractivity contribution in [2.24, 2.45) is 0 Å². The van der Waals surface area contributed by atoms with Crippen LogP contribution in [0.25, 0.3) is 0 Å². The third-order valence-corrected chi connectivity index (χ3v) is 3.22. The number of piperidine rings is 1. The average molecular weight is 226 g/mol. The van der Waals surface area contributed by atoms with E-state index in [1.165, 1.54) is 19.3 Å². The smallest absolute Gasteiger partial charge is 0.0702 e. The highest BCUT2D eigenvalue weighted by molar-refractivity contribution is 6.33. The largest absolute Gasteiger partial charge is 0.392 e. The van der Waals surface area contributed by atoms with Gasteiger partial charge in [0.25, 0.3) is 0 Å². The maximum absolute atomic E-state index is 9.29. The Labute approximate surface area is 95.5 Å². The molecule has 82 valence electrons. The second-order valence-electron chi connectivity index (χ2n) is 3.95. The average Bonchev–Trinajstić information content (AvgIpc) is 2.29. The van der Waals surface area contributed by atoms with Crippen LogP contribution in [-0.4, -0.2) is 18.2 Å². The molecular weight excluding hydrogens is 210 g/mol. The molecule has 0 radical (unpaired) electrons. The molecule has 0 saturated carbocycles. The van der Waals surface area contributed by atoms with Crippen LogP contribution in [0.15, 0.2) is 18.2 Å². The van der Waals surface area contributed by atoms with E-state index in [-0.39, 0.29) is 6.61 Å². The number of aliphatic hydroxyl groups excluding tert-OH is 1. The fourth-order valence-electron chi connectivity index (χ4n) is 2.16. The van der Waals surface area contributed by atoms with Gasteiger partial charge in [0, 0.05) is 18.7 Å². The maximum atomic E-state index is 9.29. The van der Waals surface area contributed by atoms with Crippen LogP contribution in [0.1, 0.15) is 24.8 Å². The highest BCUT2D eigenvalue weighted by atomic mass is 35.5. The third-order valence-electron chi connectivity index (χ3n) is 2.91. The first kappa shape index (κ1) is 10.8. The summed E-state index contributed by atoms with van der Waals surface area (Å²) >= 11 is 6.19. The van der Waals surface area contributed by atoms with Gasteiger partial charge in [-0.15, -0.1) is 0 Å². The summed E-state index contributed by atoms with van der Waals surface area (Å²) in [6, 6.07) is 5.72. The number of nitrogens with zero attached hydrogens (tertiary/aromatic N) is 1. The number of halogens is 1. The number of rotatable bonds is 2. The van der Waals surface area contributed by atoms with E-state index in [0.717, 1.165) is 29.4 Å². The van der Waals surface area contributed by atoms with Crippen LogP contribution in [0, 0.1) is 0 Å². The molecule has 0 aliphatic carbocycles. The van der Waals surface area contributed by atoms with Crippen molar-refractivity contribution in [2.75, 3.05) is 18.0 Å². The number of hydrogen-bond acceptors (Lipinski definition) is 2. The first-order valence-corrected chi connectivity index (χ1v) is 5.84. The topological polar surface area (TPSA) is 23.5 Å². The van der Waals surface area contributed by atoms with Crippen LogP contribution in [-0.2, 0) is 6.61 Å². The molecule has 15 heavy (non-hydrogen) atoms. The van der Waals surface area contributed by atoms with E-state index in [1.807, 2.05) is 18.2 Å². The molecule has 0 bridgehead atoms. The van der Waals surface area contributed by atoms with Gasteiger partial charge in [-0.2, -0.15) is 0 Å². The number of benzene rings is 1. The van der Waals surface area contributed by atoms with Crippen molar-refractivity contribution in [1.82, 2.24) is 0 Å². The predicted octanol–water partition coefficient (Wildman–Crippen LogP) is 2.82. The molecule has 1 N–H and O–H groups in total. The molecule has 0 aromatic heterocycles. The summed E-state index contributed by atoms with van der Waals surface area (Å²) < 4.78 is 0. The summed E-state index contributed by atoms with van der Waals surface area (Å²) in [5, 5.41) is 10.0. The molecule has 0 spiro atoms. The Morgan fingerprint density at radius 3 is 2.60 bits per heavy atom. The summed E-state index contributed by atoms with van der Waals surface area (Å²) in [4.78, 5) is 2.29. The van der Waals surface area contributed by atoms with Crippen LogP contribution in [0.4, 0.5) is 5.69 Å². The zero-order valence-corrected chi connectivity index (χ0v) is 9.50. The van der Waals surface area contributed by atoms with Gasteiger partial charge in [0.05, 0.1) is 17.3 Å². The minimum Gasteiger partial charge on any atom is -0.392 e. The van der Waals surface area contributed by atoms with E-state index in [4.69, 9.17) is 11.6 Å².